The fraction of sp³-hybridized carbons (Fsp3) is 0.286. The lowest BCUT2D eigenvalue weighted by Crippen LogP contribution is -2.35. The number of nitrogens with zero attached hydrogens (tertiary/aromatic N) is 1. The molecule has 2 aromatic heterocycles. The lowest BCUT2D eigenvalue weighted by Gasteiger charge is -2.20. The van der Waals surface area contributed by atoms with E-state index in [9.17, 15) is 9.59 Å². The number of carboxylic acid groups (broad SMARTS) is 1. The summed E-state index contributed by atoms with van der Waals surface area (Å²) in [5.74, 6) is -0.979. The van der Waals surface area contributed by atoms with E-state index in [1.54, 1.807) is 29.6 Å². The first-order valence-corrected chi connectivity index (χ1v) is 6.93. The number of anilines is 1. The van der Waals surface area contributed by atoms with Crippen molar-refractivity contribution in [3.63, 3.8) is 0 Å². The maximum Gasteiger partial charge on any atom is 0.345 e. The third-order valence-corrected chi connectivity index (χ3v) is 4.92. The number of thiophene rings is 1. The van der Waals surface area contributed by atoms with Gasteiger partial charge in [0.25, 0.3) is 0 Å². The third-order valence-electron chi connectivity index (χ3n) is 3.48. The number of rotatable bonds is 3. The van der Waals surface area contributed by atoms with E-state index in [1.807, 2.05) is 13.8 Å². The lowest BCUT2D eigenvalue weighted by molar-refractivity contribution is -0.122. The predicted octanol–water partition coefficient (Wildman–Crippen LogP) is 2.86. The monoisotopic (exact) mass is 291 g/mol. The average molecular weight is 291 g/mol. The molecule has 0 spiro atoms. The highest BCUT2D eigenvalue weighted by molar-refractivity contribution is 7.15. The summed E-state index contributed by atoms with van der Waals surface area (Å²) < 4.78 is 5.01. The van der Waals surface area contributed by atoms with Crippen LogP contribution in [0.5, 0.6) is 0 Å². The Morgan fingerprint density at radius 3 is 2.85 bits per heavy atom. The molecule has 6 heteroatoms. The van der Waals surface area contributed by atoms with Gasteiger partial charge in [0.05, 0.1) is 30.2 Å². The van der Waals surface area contributed by atoms with E-state index in [1.165, 1.54) is 11.3 Å². The van der Waals surface area contributed by atoms with Gasteiger partial charge in [0.2, 0.25) is 5.91 Å². The maximum atomic E-state index is 12.5. The largest absolute Gasteiger partial charge is 0.477 e. The summed E-state index contributed by atoms with van der Waals surface area (Å²) in [6.07, 6.45) is 3.14. The molecule has 0 atom stereocenters. The normalized spacial score (nSPS) is 16.5. The predicted molar refractivity (Wildman–Crippen MR) is 74.2 cm³/mol. The molecule has 0 saturated carbocycles. The Morgan fingerprint density at radius 1 is 1.50 bits per heavy atom. The molecule has 1 aliphatic heterocycles. The van der Waals surface area contributed by atoms with Crippen LogP contribution in [0.1, 0.15) is 34.0 Å². The number of carbonyl (C=O) groups is 2. The van der Waals surface area contributed by atoms with Crippen LogP contribution in [0.4, 0.5) is 5.69 Å². The standard InChI is InChI=1S/C14H13NO4S/c1-14(2)11-9(5-10(20-11)12(16)17)15(13(14)18)6-8-3-4-19-7-8/h3-5,7H,6H2,1-2H3,(H,16,17). The summed E-state index contributed by atoms with van der Waals surface area (Å²) in [5.41, 5.74) is 0.894. The Bertz CT molecular complexity index is 684. The van der Waals surface area contributed by atoms with Gasteiger partial charge >= 0.3 is 5.97 Å². The van der Waals surface area contributed by atoms with E-state index in [4.69, 9.17) is 9.52 Å². The Labute approximate surface area is 119 Å². The smallest absolute Gasteiger partial charge is 0.345 e. The molecule has 1 amide bonds. The quantitative estimate of drug-likeness (QED) is 0.944. The van der Waals surface area contributed by atoms with E-state index in [-0.39, 0.29) is 10.8 Å². The topological polar surface area (TPSA) is 70.8 Å². The van der Waals surface area contributed by atoms with Gasteiger partial charge in [-0.15, -0.1) is 11.3 Å². The molecule has 0 radical (unpaired) electrons. The molecule has 5 nitrogen and oxygen atoms in total. The summed E-state index contributed by atoms with van der Waals surface area (Å²) in [4.78, 5) is 26.3. The minimum Gasteiger partial charge on any atom is -0.477 e. The van der Waals surface area contributed by atoms with Gasteiger partial charge in [-0.3, -0.25) is 4.79 Å². The Hall–Kier alpha value is -2.08. The van der Waals surface area contributed by atoms with E-state index in [2.05, 4.69) is 0 Å². The molecule has 0 aliphatic carbocycles. The molecule has 1 aliphatic rings. The molecule has 1 N–H and O–H groups in total. The van der Waals surface area contributed by atoms with E-state index in [0.717, 1.165) is 10.4 Å². The number of carboxylic acids is 1. The first-order chi connectivity index (χ1) is 9.41. The van der Waals surface area contributed by atoms with Crippen molar-refractivity contribution >= 4 is 28.9 Å². The highest BCUT2D eigenvalue weighted by Crippen LogP contribution is 2.47. The van der Waals surface area contributed by atoms with Crippen LogP contribution >= 0.6 is 11.3 Å². The van der Waals surface area contributed by atoms with Gasteiger partial charge in [-0.1, -0.05) is 0 Å². The molecule has 0 fully saturated rings. The van der Waals surface area contributed by atoms with Crippen LogP contribution in [0.15, 0.2) is 29.1 Å². The Balaban J connectivity index is 2.04. The summed E-state index contributed by atoms with van der Waals surface area (Å²) in [5, 5.41) is 9.11. The van der Waals surface area contributed by atoms with Gasteiger partial charge in [0.1, 0.15) is 4.88 Å². The lowest BCUT2D eigenvalue weighted by atomic mass is 9.93. The van der Waals surface area contributed by atoms with Crippen LogP contribution < -0.4 is 4.90 Å². The first-order valence-electron chi connectivity index (χ1n) is 6.12. The number of furan rings is 1. The minimum atomic E-state index is -0.962. The Kier molecular flexibility index (Phi) is 2.72. The van der Waals surface area contributed by atoms with Crippen molar-refractivity contribution in [3.8, 4) is 0 Å². The molecule has 3 rings (SSSR count). The highest BCUT2D eigenvalue weighted by atomic mass is 32.1. The number of carbonyl (C=O) groups excluding carboxylic acids is 1. The van der Waals surface area contributed by atoms with Crippen molar-refractivity contribution in [1.29, 1.82) is 0 Å². The average Bonchev–Trinajstić information content (AvgIpc) is 3.06. The molecule has 0 unspecified atom stereocenters. The third kappa shape index (κ3) is 1.76. The molecular formula is C14H13NO4S. The molecule has 3 heterocycles. The van der Waals surface area contributed by atoms with Gasteiger partial charge in [-0.2, -0.15) is 0 Å². The molecule has 0 saturated heterocycles. The fourth-order valence-corrected chi connectivity index (χ4v) is 3.50. The van der Waals surface area contributed by atoms with Crippen LogP contribution in [0.3, 0.4) is 0 Å². The second-order valence-electron chi connectivity index (χ2n) is 5.28. The van der Waals surface area contributed by atoms with Crippen molar-refractivity contribution in [1.82, 2.24) is 0 Å². The summed E-state index contributed by atoms with van der Waals surface area (Å²) >= 11 is 1.17. The van der Waals surface area contributed by atoms with Crippen LogP contribution in [-0.2, 0) is 16.8 Å². The second-order valence-corrected chi connectivity index (χ2v) is 6.33. The fourth-order valence-electron chi connectivity index (χ4n) is 2.40. The van der Waals surface area contributed by atoms with Gasteiger partial charge in [0.15, 0.2) is 0 Å². The number of hydrogen-bond donors (Lipinski definition) is 1. The number of amides is 1. The van der Waals surface area contributed by atoms with Gasteiger partial charge in [0, 0.05) is 10.4 Å². The van der Waals surface area contributed by atoms with E-state index < -0.39 is 11.4 Å². The molecular weight excluding hydrogens is 278 g/mol. The molecule has 0 aromatic carbocycles. The minimum absolute atomic E-state index is 0.0168. The number of aromatic carboxylic acids is 1. The molecule has 20 heavy (non-hydrogen) atoms. The molecule has 0 bridgehead atoms. The Morgan fingerprint density at radius 2 is 2.25 bits per heavy atom. The van der Waals surface area contributed by atoms with Crippen molar-refractivity contribution in [2.45, 2.75) is 25.8 Å². The number of fused-ring (bicyclic) bond motifs is 1. The van der Waals surface area contributed by atoms with Gasteiger partial charge < -0.3 is 14.4 Å². The van der Waals surface area contributed by atoms with Crippen LogP contribution in [-0.4, -0.2) is 17.0 Å². The van der Waals surface area contributed by atoms with Crippen LogP contribution in [0.25, 0.3) is 0 Å². The zero-order valence-electron chi connectivity index (χ0n) is 11.0. The van der Waals surface area contributed by atoms with Crippen molar-refractivity contribution < 1.29 is 19.1 Å². The SMILES string of the molecule is CC1(C)C(=O)N(Cc2ccoc2)c2cc(C(=O)O)sc21. The zero-order chi connectivity index (χ0) is 14.5. The van der Waals surface area contributed by atoms with Crippen molar-refractivity contribution in [2.24, 2.45) is 0 Å². The van der Waals surface area contributed by atoms with Gasteiger partial charge in [-0.25, -0.2) is 4.79 Å². The summed E-state index contributed by atoms with van der Waals surface area (Å²) in [7, 11) is 0. The maximum absolute atomic E-state index is 12.5. The van der Waals surface area contributed by atoms with Gasteiger partial charge in [-0.05, 0) is 26.0 Å². The molecule has 2 aromatic rings. The van der Waals surface area contributed by atoms with Crippen LogP contribution in [0.2, 0.25) is 0 Å². The van der Waals surface area contributed by atoms with Crippen molar-refractivity contribution in [3.05, 3.63) is 40.0 Å². The second kappa shape index (κ2) is 4.21. The van der Waals surface area contributed by atoms with E-state index >= 15 is 0 Å². The number of hydrogen-bond acceptors (Lipinski definition) is 4. The molecule has 104 valence electrons. The van der Waals surface area contributed by atoms with E-state index in [0.29, 0.717) is 12.2 Å². The highest BCUT2D eigenvalue weighted by Gasteiger charge is 2.46. The summed E-state index contributed by atoms with van der Waals surface area (Å²) in [6.45, 7) is 4.04. The van der Waals surface area contributed by atoms with Crippen molar-refractivity contribution in [2.75, 3.05) is 4.90 Å². The zero-order valence-corrected chi connectivity index (χ0v) is 11.9. The van der Waals surface area contributed by atoms with Crippen LogP contribution in [0, 0.1) is 0 Å². The summed E-state index contributed by atoms with van der Waals surface area (Å²) in [6, 6.07) is 3.37. The first kappa shape index (κ1) is 12.9.